The first kappa shape index (κ1) is 13.1. The zero-order valence-electron chi connectivity index (χ0n) is 9.42. The van der Waals surface area contributed by atoms with Crippen LogP contribution in [-0.2, 0) is 9.59 Å². The van der Waals surface area contributed by atoms with Gasteiger partial charge in [0.25, 0.3) is 0 Å². The van der Waals surface area contributed by atoms with Gasteiger partial charge < -0.3 is 16.4 Å². The Morgan fingerprint density at radius 1 is 1.24 bits per heavy atom. The molecule has 0 bridgehead atoms. The summed E-state index contributed by atoms with van der Waals surface area (Å²) in [4.78, 5) is 22.4. The SMILES string of the molecule is CCC(=O)Nc1ccc(F)cc1NC(=O)CN. The number of halogens is 1. The standard InChI is InChI=1S/C11H14FN3O2/c1-2-10(16)14-8-4-3-7(12)5-9(8)15-11(17)6-13/h3-5H,2,6,13H2,1H3,(H,14,16)(H,15,17). The summed E-state index contributed by atoms with van der Waals surface area (Å²) < 4.78 is 13.0. The number of nitrogens with one attached hydrogen (secondary N) is 2. The zero-order chi connectivity index (χ0) is 12.8. The van der Waals surface area contributed by atoms with Gasteiger partial charge in [0.2, 0.25) is 11.8 Å². The van der Waals surface area contributed by atoms with Crippen LogP contribution in [0.4, 0.5) is 15.8 Å². The third kappa shape index (κ3) is 3.84. The average Bonchev–Trinajstić information content (AvgIpc) is 2.32. The van der Waals surface area contributed by atoms with Crippen LogP contribution in [-0.4, -0.2) is 18.4 Å². The molecule has 4 N–H and O–H groups in total. The molecule has 2 amide bonds. The van der Waals surface area contributed by atoms with Gasteiger partial charge in [0.05, 0.1) is 17.9 Å². The van der Waals surface area contributed by atoms with Crippen molar-refractivity contribution in [1.82, 2.24) is 0 Å². The van der Waals surface area contributed by atoms with Crippen molar-refractivity contribution in [3.8, 4) is 0 Å². The van der Waals surface area contributed by atoms with E-state index in [1.165, 1.54) is 12.1 Å². The number of anilines is 2. The largest absolute Gasteiger partial charge is 0.324 e. The molecule has 17 heavy (non-hydrogen) atoms. The van der Waals surface area contributed by atoms with Crippen LogP contribution >= 0.6 is 0 Å². The fourth-order valence-corrected chi connectivity index (χ4v) is 1.17. The van der Waals surface area contributed by atoms with Crippen LogP contribution in [0.1, 0.15) is 13.3 Å². The van der Waals surface area contributed by atoms with Gasteiger partial charge in [-0.05, 0) is 18.2 Å². The van der Waals surface area contributed by atoms with Gasteiger partial charge in [0, 0.05) is 6.42 Å². The van der Waals surface area contributed by atoms with Gasteiger partial charge in [-0.3, -0.25) is 9.59 Å². The van der Waals surface area contributed by atoms with Gasteiger partial charge in [-0.15, -0.1) is 0 Å². The van der Waals surface area contributed by atoms with Gasteiger partial charge in [0.1, 0.15) is 5.82 Å². The first-order valence-electron chi connectivity index (χ1n) is 5.16. The van der Waals surface area contributed by atoms with Crippen LogP contribution in [0.2, 0.25) is 0 Å². The molecule has 6 heteroatoms. The molecule has 0 unspecified atom stereocenters. The van der Waals surface area contributed by atoms with E-state index < -0.39 is 11.7 Å². The molecule has 0 spiro atoms. The highest BCUT2D eigenvalue weighted by Crippen LogP contribution is 2.22. The van der Waals surface area contributed by atoms with Crippen molar-refractivity contribution >= 4 is 23.2 Å². The summed E-state index contributed by atoms with van der Waals surface area (Å²) >= 11 is 0. The second-order valence-electron chi connectivity index (χ2n) is 3.34. The Bertz CT molecular complexity index is 435. The molecular formula is C11H14FN3O2. The summed E-state index contributed by atoms with van der Waals surface area (Å²) in [7, 11) is 0. The number of benzene rings is 1. The minimum atomic E-state index is -0.508. The number of carbonyl (C=O) groups excluding carboxylic acids is 2. The maximum atomic E-state index is 13.0. The van der Waals surface area contributed by atoms with Crippen molar-refractivity contribution in [2.75, 3.05) is 17.2 Å². The van der Waals surface area contributed by atoms with E-state index in [1.54, 1.807) is 6.92 Å². The Morgan fingerprint density at radius 2 is 1.88 bits per heavy atom. The first-order valence-corrected chi connectivity index (χ1v) is 5.16. The van der Waals surface area contributed by atoms with E-state index in [9.17, 15) is 14.0 Å². The van der Waals surface area contributed by atoms with E-state index in [-0.39, 0.29) is 18.1 Å². The third-order valence-electron chi connectivity index (χ3n) is 2.04. The summed E-state index contributed by atoms with van der Waals surface area (Å²) in [6.07, 6.45) is 0.293. The second kappa shape index (κ2) is 5.95. The van der Waals surface area contributed by atoms with Crippen LogP contribution in [0.3, 0.4) is 0 Å². The summed E-state index contributed by atoms with van der Waals surface area (Å²) in [5.74, 6) is -1.19. The molecule has 0 radical (unpaired) electrons. The number of carbonyl (C=O) groups is 2. The Hall–Kier alpha value is -1.95. The predicted octanol–water partition coefficient (Wildman–Crippen LogP) is 1.07. The van der Waals surface area contributed by atoms with Crippen molar-refractivity contribution < 1.29 is 14.0 Å². The molecule has 5 nitrogen and oxygen atoms in total. The van der Waals surface area contributed by atoms with Crippen LogP contribution in [0.25, 0.3) is 0 Å². The molecular weight excluding hydrogens is 225 g/mol. The average molecular weight is 239 g/mol. The van der Waals surface area contributed by atoms with Crippen molar-refractivity contribution in [2.24, 2.45) is 5.73 Å². The van der Waals surface area contributed by atoms with Gasteiger partial charge in [-0.1, -0.05) is 6.92 Å². The fourth-order valence-electron chi connectivity index (χ4n) is 1.17. The van der Waals surface area contributed by atoms with E-state index in [4.69, 9.17) is 5.73 Å². The van der Waals surface area contributed by atoms with Crippen LogP contribution in [0.15, 0.2) is 18.2 Å². The Morgan fingerprint density at radius 3 is 2.47 bits per heavy atom. The topological polar surface area (TPSA) is 84.2 Å². The number of rotatable bonds is 4. The van der Waals surface area contributed by atoms with Crippen LogP contribution in [0, 0.1) is 5.82 Å². The quantitative estimate of drug-likeness (QED) is 0.734. The number of hydrogen-bond donors (Lipinski definition) is 3. The maximum absolute atomic E-state index is 13.0. The highest BCUT2D eigenvalue weighted by Gasteiger charge is 2.09. The summed E-state index contributed by atoms with van der Waals surface area (Å²) in [6, 6.07) is 3.71. The molecule has 0 aliphatic heterocycles. The van der Waals surface area contributed by atoms with Crippen molar-refractivity contribution in [3.63, 3.8) is 0 Å². The number of amides is 2. The third-order valence-corrected chi connectivity index (χ3v) is 2.04. The molecule has 1 aromatic carbocycles. The lowest BCUT2D eigenvalue weighted by molar-refractivity contribution is -0.116. The lowest BCUT2D eigenvalue weighted by Gasteiger charge is -2.11. The molecule has 0 saturated carbocycles. The Balaban J connectivity index is 2.95. The molecule has 0 aliphatic rings. The first-order chi connectivity index (χ1) is 8.06. The van der Waals surface area contributed by atoms with E-state index in [0.717, 1.165) is 6.07 Å². The van der Waals surface area contributed by atoms with Crippen molar-refractivity contribution in [1.29, 1.82) is 0 Å². The molecule has 0 saturated heterocycles. The Labute approximate surface area is 98.2 Å². The van der Waals surface area contributed by atoms with Crippen LogP contribution < -0.4 is 16.4 Å². The summed E-state index contributed by atoms with van der Waals surface area (Å²) in [5.41, 5.74) is 5.69. The van der Waals surface area contributed by atoms with Gasteiger partial charge >= 0.3 is 0 Å². The van der Waals surface area contributed by atoms with Crippen molar-refractivity contribution in [3.05, 3.63) is 24.0 Å². The van der Waals surface area contributed by atoms with E-state index in [2.05, 4.69) is 10.6 Å². The van der Waals surface area contributed by atoms with Gasteiger partial charge in [0.15, 0.2) is 0 Å². The molecule has 0 aromatic heterocycles. The maximum Gasteiger partial charge on any atom is 0.238 e. The molecule has 1 aromatic rings. The summed E-state index contributed by atoms with van der Waals surface area (Å²) in [5, 5.41) is 4.97. The molecule has 1 rings (SSSR count). The Kier molecular flexibility index (Phi) is 4.59. The predicted molar refractivity (Wildman–Crippen MR) is 63.0 cm³/mol. The van der Waals surface area contributed by atoms with Gasteiger partial charge in [-0.25, -0.2) is 4.39 Å². The lowest BCUT2D eigenvalue weighted by atomic mass is 10.2. The van der Waals surface area contributed by atoms with Crippen molar-refractivity contribution in [2.45, 2.75) is 13.3 Å². The number of nitrogens with two attached hydrogens (primary N) is 1. The molecule has 0 heterocycles. The zero-order valence-corrected chi connectivity index (χ0v) is 9.42. The minimum Gasteiger partial charge on any atom is -0.324 e. The monoisotopic (exact) mass is 239 g/mol. The second-order valence-corrected chi connectivity index (χ2v) is 3.34. The highest BCUT2D eigenvalue weighted by molar-refractivity contribution is 5.99. The van der Waals surface area contributed by atoms with Crippen LogP contribution in [0.5, 0.6) is 0 Å². The van der Waals surface area contributed by atoms with E-state index in [0.29, 0.717) is 12.1 Å². The fraction of sp³-hybridized carbons (Fsp3) is 0.273. The normalized spacial score (nSPS) is 9.82. The lowest BCUT2D eigenvalue weighted by Crippen LogP contribution is -2.23. The number of hydrogen-bond acceptors (Lipinski definition) is 3. The molecule has 0 fully saturated rings. The van der Waals surface area contributed by atoms with E-state index in [1.807, 2.05) is 0 Å². The molecule has 92 valence electrons. The molecule has 0 atom stereocenters. The van der Waals surface area contributed by atoms with E-state index >= 15 is 0 Å². The minimum absolute atomic E-state index is 0.197. The smallest absolute Gasteiger partial charge is 0.238 e. The summed E-state index contributed by atoms with van der Waals surface area (Å²) in [6.45, 7) is 1.48. The van der Waals surface area contributed by atoms with Gasteiger partial charge in [-0.2, -0.15) is 0 Å². The highest BCUT2D eigenvalue weighted by atomic mass is 19.1. The molecule has 0 aliphatic carbocycles.